The van der Waals surface area contributed by atoms with Crippen LogP contribution in [0.5, 0.6) is 0 Å². The lowest BCUT2D eigenvalue weighted by molar-refractivity contribution is -0.124. The zero-order valence-corrected chi connectivity index (χ0v) is 56.3. The zero-order valence-electron chi connectivity index (χ0n) is 53.8. The van der Waals surface area contributed by atoms with Crippen molar-refractivity contribution >= 4 is 57.2 Å². The van der Waals surface area contributed by atoms with Gasteiger partial charge < -0.3 is 9.80 Å². The van der Waals surface area contributed by atoms with Crippen molar-refractivity contribution in [3.63, 3.8) is 0 Å². The maximum Gasteiger partial charge on any atom is 0.261 e. The standard InChI is InChI=1S/C74H122N2O2S3/c1-9-13-17-21-25-29-31-34-38-42-46-50-62(47-43-39-35-28-24-20-16-12-4)58-76-72(68-56-54-66(81-68)65-53-51-63(79-65)59(5)6)70-69(73(76)77)71(67-55-52-64(80-67)60(7)8)75(74(70)78)57-61(48-44-40-36-32-27-23-19-15-11-3)49-45-41-37-33-30-26-22-18-14-10-2/h51-56,59-62H,9-50,57-58H2,1-8H3. The van der Waals surface area contributed by atoms with Gasteiger partial charge in [0.1, 0.15) is 0 Å². The minimum absolute atomic E-state index is 0.0727. The van der Waals surface area contributed by atoms with Gasteiger partial charge in [0.25, 0.3) is 11.8 Å². The SMILES string of the molecule is CCCCCCCCCCCCCC(CCCCCCCCCC)CN1C(=O)C2=C(c3ccc(C(C)C)s3)N(CC(CCCCCCCCCCC)CCCCCCCCCCCC)C(=O)C2=C1c1ccc(-c2ccc(C(C)C)s2)s1. The van der Waals surface area contributed by atoms with Gasteiger partial charge in [-0.15, -0.1) is 34.0 Å². The number of carbonyl (C=O) groups is 2. The van der Waals surface area contributed by atoms with E-state index in [-0.39, 0.29) is 11.8 Å². The number of hydrogen-bond acceptors (Lipinski definition) is 5. The monoisotopic (exact) mass is 1170 g/mol. The Morgan fingerprint density at radius 1 is 0.309 bits per heavy atom. The molecular formula is C74H122N2O2S3. The van der Waals surface area contributed by atoms with E-state index >= 15 is 9.59 Å². The first-order chi connectivity index (χ1) is 39.6. The molecule has 7 heteroatoms. The smallest absolute Gasteiger partial charge is 0.261 e. The molecule has 0 bridgehead atoms. The molecule has 0 saturated carbocycles. The van der Waals surface area contributed by atoms with E-state index in [1.54, 1.807) is 11.3 Å². The Morgan fingerprint density at radius 2 is 0.543 bits per heavy atom. The number of hydrogen-bond donors (Lipinski definition) is 0. The van der Waals surface area contributed by atoms with Gasteiger partial charge in [-0.25, -0.2) is 0 Å². The van der Waals surface area contributed by atoms with E-state index in [0.717, 1.165) is 46.8 Å². The first-order valence-corrected chi connectivity index (χ1v) is 37.5. The van der Waals surface area contributed by atoms with Crippen LogP contribution >= 0.6 is 34.0 Å². The van der Waals surface area contributed by atoms with E-state index in [1.807, 2.05) is 22.7 Å². The van der Waals surface area contributed by atoms with Crippen molar-refractivity contribution in [2.45, 2.75) is 337 Å². The number of fused-ring (bicyclic) bond motifs is 1. The Morgan fingerprint density at radius 3 is 0.840 bits per heavy atom. The van der Waals surface area contributed by atoms with Gasteiger partial charge in [0.2, 0.25) is 0 Å². The Balaban J connectivity index is 1.46. The van der Waals surface area contributed by atoms with Crippen molar-refractivity contribution in [1.82, 2.24) is 9.80 Å². The highest BCUT2D eigenvalue weighted by molar-refractivity contribution is 7.22. The fourth-order valence-corrected chi connectivity index (χ4v) is 16.2. The van der Waals surface area contributed by atoms with Crippen molar-refractivity contribution in [3.05, 3.63) is 67.1 Å². The summed E-state index contributed by atoms with van der Waals surface area (Å²) in [5, 5.41) is 0. The highest BCUT2D eigenvalue weighted by atomic mass is 32.1. The normalized spacial score (nSPS) is 14.6. The van der Waals surface area contributed by atoms with Crippen molar-refractivity contribution in [2.75, 3.05) is 13.1 Å². The quantitative estimate of drug-likeness (QED) is 0.0529. The van der Waals surface area contributed by atoms with Crippen molar-refractivity contribution < 1.29 is 9.59 Å². The van der Waals surface area contributed by atoms with E-state index in [0.29, 0.717) is 47.9 Å². The van der Waals surface area contributed by atoms with E-state index in [9.17, 15) is 0 Å². The van der Waals surface area contributed by atoms with Crippen molar-refractivity contribution in [1.29, 1.82) is 0 Å². The van der Waals surface area contributed by atoms with Gasteiger partial charge >= 0.3 is 0 Å². The summed E-state index contributed by atoms with van der Waals surface area (Å²) in [6.45, 7) is 19.7. The minimum atomic E-state index is 0.0727. The van der Waals surface area contributed by atoms with Crippen molar-refractivity contribution in [2.24, 2.45) is 11.8 Å². The zero-order chi connectivity index (χ0) is 57.9. The first-order valence-electron chi connectivity index (χ1n) is 35.1. The summed E-state index contributed by atoms with van der Waals surface area (Å²) in [5.74, 6) is 1.81. The summed E-state index contributed by atoms with van der Waals surface area (Å²) in [7, 11) is 0. The minimum Gasteiger partial charge on any atom is -0.306 e. The number of unbranched alkanes of at least 4 members (excludes halogenated alkanes) is 34. The molecule has 0 aromatic carbocycles. The Labute approximate surface area is 512 Å². The fourth-order valence-electron chi connectivity index (χ4n) is 12.9. The number of nitrogens with zero attached hydrogens (tertiary/aromatic N) is 2. The molecule has 5 rings (SSSR count). The van der Waals surface area contributed by atoms with E-state index in [4.69, 9.17) is 0 Å². The van der Waals surface area contributed by atoms with Gasteiger partial charge in [-0.2, -0.15) is 0 Å². The highest BCUT2D eigenvalue weighted by Crippen LogP contribution is 2.51. The van der Waals surface area contributed by atoms with Crippen LogP contribution in [0.2, 0.25) is 0 Å². The largest absolute Gasteiger partial charge is 0.306 e. The summed E-state index contributed by atoms with van der Waals surface area (Å²) in [4.78, 5) is 43.7. The molecule has 2 amide bonds. The maximum absolute atomic E-state index is 16.0. The number of rotatable bonds is 51. The predicted octanol–water partition coefficient (Wildman–Crippen LogP) is 25.3. The van der Waals surface area contributed by atoms with E-state index in [1.165, 1.54) is 263 Å². The molecule has 2 unspecified atom stereocenters. The van der Waals surface area contributed by atoms with Crippen LogP contribution in [0.1, 0.15) is 356 Å². The van der Waals surface area contributed by atoms with Gasteiger partial charge in [-0.05, 0) is 85.8 Å². The summed E-state index contributed by atoms with van der Waals surface area (Å²) in [6, 6.07) is 13.6. The summed E-state index contributed by atoms with van der Waals surface area (Å²) < 4.78 is 0. The Bertz CT molecular complexity index is 2200. The van der Waals surface area contributed by atoms with Gasteiger partial charge in [-0.3, -0.25) is 9.59 Å². The van der Waals surface area contributed by atoms with Crippen LogP contribution in [-0.4, -0.2) is 34.7 Å². The predicted molar refractivity (Wildman–Crippen MR) is 361 cm³/mol. The molecule has 2 atom stereocenters. The molecule has 0 radical (unpaired) electrons. The Hall–Kier alpha value is -2.48. The van der Waals surface area contributed by atoms with Crippen LogP contribution in [0.15, 0.2) is 47.5 Å². The molecule has 3 aromatic heterocycles. The molecule has 0 fully saturated rings. The molecule has 0 saturated heterocycles. The molecule has 81 heavy (non-hydrogen) atoms. The lowest BCUT2D eigenvalue weighted by Gasteiger charge is -2.29. The number of amides is 2. The lowest BCUT2D eigenvalue weighted by Crippen LogP contribution is -2.34. The molecule has 0 spiro atoms. The number of carbonyl (C=O) groups excluding carboxylic acids is 2. The molecule has 4 nitrogen and oxygen atoms in total. The fraction of sp³-hybridized carbons (Fsp3) is 0.757. The molecule has 458 valence electrons. The first kappa shape index (κ1) is 69.3. The van der Waals surface area contributed by atoms with E-state index < -0.39 is 0 Å². The van der Waals surface area contributed by atoms with Crippen LogP contribution in [-0.2, 0) is 9.59 Å². The second-order valence-electron chi connectivity index (χ2n) is 26.1. The maximum atomic E-state index is 16.0. The summed E-state index contributed by atoms with van der Waals surface area (Å²) in [6.07, 6.45) is 55.2. The summed E-state index contributed by atoms with van der Waals surface area (Å²) in [5.41, 5.74) is 3.21. The van der Waals surface area contributed by atoms with E-state index in [2.05, 4.69) is 102 Å². The summed E-state index contributed by atoms with van der Waals surface area (Å²) >= 11 is 5.50. The van der Waals surface area contributed by atoms with Gasteiger partial charge in [0.05, 0.1) is 32.3 Å². The molecule has 3 aromatic rings. The lowest BCUT2D eigenvalue weighted by atomic mass is 9.93. The van der Waals surface area contributed by atoms with Gasteiger partial charge in [0.15, 0.2) is 0 Å². The second-order valence-corrected chi connectivity index (χ2v) is 29.4. The molecule has 2 aliphatic rings. The second kappa shape index (κ2) is 41.5. The van der Waals surface area contributed by atoms with Crippen LogP contribution in [0.3, 0.4) is 0 Å². The molecular weight excluding hydrogens is 1050 g/mol. The Kier molecular flexibility index (Phi) is 35.5. The third kappa shape index (κ3) is 24.4. The van der Waals surface area contributed by atoms with Crippen LogP contribution in [0.4, 0.5) is 0 Å². The van der Waals surface area contributed by atoms with Crippen LogP contribution in [0, 0.1) is 11.8 Å². The van der Waals surface area contributed by atoms with Gasteiger partial charge in [-0.1, -0.05) is 299 Å². The third-order valence-electron chi connectivity index (χ3n) is 18.1. The average molecular weight is 1170 g/mol. The average Bonchev–Trinajstić information content (AvgIpc) is 4.39. The topological polar surface area (TPSA) is 40.6 Å². The van der Waals surface area contributed by atoms with Crippen LogP contribution in [0.25, 0.3) is 21.1 Å². The molecule has 0 aliphatic carbocycles. The third-order valence-corrected chi connectivity index (χ3v) is 22.2. The highest BCUT2D eigenvalue weighted by Gasteiger charge is 2.50. The molecule has 5 heterocycles. The number of thiophene rings is 3. The van der Waals surface area contributed by atoms with Crippen molar-refractivity contribution in [3.8, 4) is 9.75 Å². The molecule has 2 aliphatic heterocycles. The molecule has 0 N–H and O–H groups in total. The van der Waals surface area contributed by atoms with Crippen LogP contribution < -0.4 is 0 Å². The van der Waals surface area contributed by atoms with Gasteiger partial charge in [0, 0.05) is 32.6 Å².